The molecule has 78 valence electrons. The van der Waals surface area contributed by atoms with E-state index in [2.05, 4.69) is 4.98 Å². The molecule has 0 amide bonds. The van der Waals surface area contributed by atoms with E-state index in [1.807, 2.05) is 6.92 Å². The number of nitrogens with zero attached hydrogens (tertiary/aromatic N) is 1. The Bertz CT molecular complexity index is 315. The number of pyridine rings is 1. The van der Waals surface area contributed by atoms with Crippen LogP contribution in [0.5, 0.6) is 0 Å². The fourth-order valence-corrected chi connectivity index (χ4v) is 1.27. The average molecular weight is 196 g/mol. The number of aromatic nitrogens is 1. The molecule has 1 heterocycles. The highest BCUT2D eigenvalue weighted by molar-refractivity contribution is 5.42. The summed E-state index contributed by atoms with van der Waals surface area (Å²) in [5.74, 6) is 0.274. The third-order valence-electron chi connectivity index (χ3n) is 2.19. The van der Waals surface area contributed by atoms with Crippen molar-refractivity contribution >= 4 is 5.82 Å². The zero-order valence-corrected chi connectivity index (χ0v) is 8.44. The molecule has 1 aromatic heterocycles. The topological polar surface area (TPSA) is 79.4 Å². The lowest BCUT2D eigenvalue weighted by atomic mass is 10.0. The van der Waals surface area contributed by atoms with Gasteiger partial charge in [0.15, 0.2) is 0 Å². The summed E-state index contributed by atoms with van der Waals surface area (Å²) in [6.45, 7) is 3.66. The average Bonchev–Trinajstić information content (AvgIpc) is 2.19. The van der Waals surface area contributed by atoms with Gasteiger partial charge in [-0.1, -0.05) is 6.92 Å². The van der Waals surface area contributed by atoms with Crippen molar-refractivity contribution in [2.24, 2.45) is 0 Å². The molecule has 0 aliphatic rings. The zero-order chi connectivity index (χ0) is 10.7. The number of nitrogens with two attached hydrogens (primary N) is 1. The van der Waals surface area contributed by atoms with Crippen LogP contribution in [-0.2, 0) is 0 Å². The Labute approximate surface area is 83.4 Å². The second-order valence-electron chi connectivity index (χ2n) is 3.41. The van der Waals surface area contributed by atoms with E-state index < -0.39 is 12.2 Å². The smallest absolute Gasteiger partial charge is 0.129 e. The van der Waals surface area contributed by atoms with Crippen LogP contribution in [0.15, 0.2) is 12.3 Å². The third kappa shape index (κ3) is 2.21. The number of hydrogen-bond acceptors (Lipinski definition) is 4. The van der Waals surface area contributed by atoms with Crippen molar-refractivity contribution in [2.75, 3.05) is 5.73 Å². The number of aliphatic hydroxyl groups is 2. The van der Waals surface area contributed by atoms with Gasteiger partial charge in [0.25, 0.3) is 0 Å². The molecule has 14 heavy (non-hydrogen) atoms. The number of aliphatic hydroxyl groups excluding tert-OH is 2. The van der Waals surface area contributed by atoms with E-state index in [4.69, 9.17) is 5.73 Å². The Morgan fingerprint density at radius 1 is 1.50 bits per heavy atom. The Hall–Kier alpha value is -1.13. The van der Waals surface area contributed by atoms with Gasteiger partial charge in [-0.2, -0.15) is 0 Å². The minimum Gasteiger partial charge on any atom is -0.390 e. The minimum absolute atomic E-state index is 0.274. The predicted molar refractivity (Wildman–Crippen MR) is 54.6 cm³/mol. The van der Waals surface area contributed by atoms with Crippen molar-refractivity contribution < 1.29 is 10.2 Å². The van der Waals surface area contributed by atoms with E-state index in [1.54, 1.807) is 19.2 Å². The van der Waals surface area contributed by atoms with Crippen molar-refractivity contribution in [3.8, 4) is 0 Å². The molecule has 0 aliphatic carbocycles. The normalized spacial score (nSPS) is 15.1. The van der Waals surface area contributed by atoms with Crippen LogP contribution >= 0.6 is 0 Å². The first-order valence-electron chi connectivity index (χ1n) is 4.64. The van der Waals surface area contributed by atoms with Crippen molar-refractivity contribution in [3.05, 3.63) is 23.4 Å². The summed E-state index contributed by atoms with van der Waals surface area (Å²) in [5.41, 5.74) is 7.01. The summed E-state index contributed by atoms with van der Waals surface area (Å²) in [4.78, 5) is 3.92. The summed E-state index contributed by atoms with van der Waals surface area (Å²) >= 11 is 0. The van der Waals surface area contributed by atoms with Gasteiger partial charge in [-0.25, -0.2) is 4.98 Å². The van der Waals surface area contributed by atoms with Gasteiger partial charge in [0.05, 0.1) is 6.10 Å². The first-order chi connectivity index (χ1) is 6.56. The van der Waals surface area contributed by atoms with Crippen molar-refractivity contribution in [2.45, 2.75) is 32.5 Å². The highest BCUT2D eigenvalue weighted by atomic mass is 16.3. The maximum Gasteiger partial charge on any atom is 0.129 e. The van der Waals surface area contributed by atoms with Crippen molar-refractivity contribution in [3.63, 3.8) is 0 Å². The molecule has 1 aromatic rings. The van der Waals surface area contributed by atoms with Crippen LogP contribution in [0.25, 0.3) is 0 Å². The molecule has 0 aromatic carbocycles. The van der Waals surface area contributed by atoms with Crippen LogP contribution in [-0.4, -0.2) is 21.3 Å². The van der Waals surface area contributed by atoms with Gasteiger partial charge < -0.3 is 15.9 Å². The zero-order valence-electron chi connectivity index (χ0n) is 8.44. The molecule has 4 heteroatoms. The van der Waals surface area contributed by atoms with Gasteiger partial charge in [-0.15, -0.1) is 0 Å². The molecule has 4 nitrogen and oxygen atoms in total. The summed E-state index contributed by atoms with van der Waals surface area (Å²) in [6, 6.07) is 1.74. The van der Waals surface area contributed by atoms with Crippen LogP contribution in [0, 0.1) is 6.92 Å². The lowest BCUT2D eigenvalue weighted by Crippen LogP contribution is -2.18. The van der Waals surface area contributed by atoms with E-state index in [9.17, 15) is 10.2 Å². The summed E-state index contributed by atoms with van der Waals surface area (Å²) < 4.78 is 0. The van der Waals surface area contributed by atoms with E-state index >= 15 is 0 Å². The van der Waals surface area contributed by atoms with Crippen LogP contribution in [0.1, 0.15) is 30.6 Å². The largest absolute Gasteiger partial charge is 0.390 e. The SMILES string of the molecule is CCC(O)C(O)c1cc(C)cnc1N. The van der Waals surface area contributed by atoms with Crippen LogP contribution in [0.3, 0.4) is 0 Å². The lowest BCUT2D eigenvalue weighted by molar-refractivity contribution is 0.0167. The number of hydrogen-bond donors (Lipinski definition) is 3. The number of nitrogen functional groups attached to an aromatic ring is 1. The predicted octanol–water partition coefficient (Wildman–Crippen LogP) is 0.777. The molecular weight excluding hydrogens is 180 g/mol. The Kier molecular flexibility index (Phi) is 3.43. The molecule has 4 N–H and O–H groups in total. The molecule has 0 aliphatic heterocycles. The van der Waals surface area contributed by atoms with Gasteiger partial charge in [-0.3, -0.25) is 0 Å². The highest BCUT2D eigenvalue weighted by Crippen LogP contribution is 2.23. The van der Waals surface area contributed by atoms with Crippen molar-refractivity contribution in [1.82, 2.24) is 4.98 Å². The molecule has 0 bridgehead atoms. The Morgan fingerprint density at radius 3 is 2.71 bits per heavy atom. The number of anilines is 1. The van der Waals surface area contributed by atoms with Gasteiger partial charge in [0, 0.05) is 11.8 Å². The minimum atomic E-state index is -0.951. The molecule has 0 saturated heterocycles. The van der Waals surface area contributed by atoms with E-state index in [0.29, 0.717) is 12.0 Å². The van der Waals surface area contributed by atoms with Gasteiger partial charge in [0.2, 0.25) is 0 Å². The standard InChI is InChI=1S/C10H16N2O2/c1-3-8(13)9(14)7-4-6(2)5-12-10(7)11/h4-5,8-9,13-14H,3H2,1-2H3,(H2,11,12). The van der Waals surface area contributed by atoms with Gasteiger partial charge >= 0.3 is 0 Å². The molecule has 2 atom stereocenters. The molecule has 0 radical (unpaired) electrons. The fourth-order valence-electron chi connectivity index (χ4n) is 1.27. The van der Waals surface area contributed by atoms with Crippen LogP contribution in [0.2, 0.25) is 0 Å². The highest BCUT2D eigenvalue weighted by Gasteiger charge is 2.19. The Morgan fingerprint density at radius 2 is 2.14 bits per heavy atom. The summed E-state index contributed by atoms with van der Waals surface area (Å²) in [7, 11) is 0. The number of rotatable bonds is 3. The molecule has 2 unspecified atom stereocenters. The van der Waals surface area contributed by atoms with Crippen LogP contribution in [0.4, 0.5) is 5.82 Å². The molecule has 1 rings (SSSR count). The molecule has 0 spiro atoms. The molecule has 0 saturated carbocycles. The lowest BCUT2D eigenvalue weighted by Gasteiger charge is -2.17. The quantitative estimate of drug-likeness (QED) is 0.667. The first-order valence-corrected chi connectivity index (χ1v) is 4.64. The molecular formula is C10H16N2O2. The maximum atomic E-state index is 9.72. The second kappa shape index (κ2) is 4.39. The summed E-state index contributed by atoms with van der Waals surface area (Å²) in [5, 5.41) is 19.2. The van der Waals surface area contributed by atoms with E-state index in [-0.39, 0.29) is 5.82 Å². The van der Waals surface area contributed by atoms with Crippen molar-refractivity contribution in [1.29, 1.82) is 0 Å². The van der Waals surface area contributed by atoms with E-state index in [0.717, 1.165) is 5.56 Å². The number of aryl methyl sites for hydroxylation is 1. The Balaban J connectivity index is 2.99. The first kappa shape index (κ1) is 10.9. The van der Waals surface area contributed by atoms with Gasteiger partial charge in [0.1, 0.15) is 11.9 Å². The van der Waals surface area contributed by atoms with E-state index in [1.165, 1.54) is 0 Å². The maximum absolute atomic E-state index is 9.72. The van der Waals surface area contributed by atoms with Crippen LogP contribution < -0.4 is 5.73 Å². The molecule has 0 fully saturated rings. The second-order valence-corrected chi connectivity index (χ2v) is 3.41. The summed E-state index contributed by atoms with van der Waals surface area (Å²) in [6.07, 6.45) is 0.367. The fraction of sp³-hybridized carbons (Fsp3) is 0.500. The monoisotopic (exact) mass is 196 g/mol. The third-order valence-corrected chi connectivity index (χ3v) is 2.19. The van der Waals surface area contributed by atoms with Gasteiger partial charge in [-0.05, 0) is 25.0 Å².